The van der Waals surface area contributed by atoms with Crippen LogP contribution in [0.2, 0.25) is 0 Å². The van der Waals surface area contributed by atoms with Gasteiger partial charge in [-0.05, 0) is 80.5 Å². The second-order valence-electron chi connectivity index (χ2n) is 9.53. The second-order valence-corrected chi connectivity index (χ2v) is 11.2. The van der Waals surface area contributed by atoms with Crippen molar-refractivity contribution in [3.63, 3.8) is 0 Å². The van der Waals surface area contributed by atoms with Gasteiger partial charge in [0, 0.05) is 31.6 Å². The van der Waals surface area contributed by atoms with Crippen molar-refractivity contribution in [2.45, 2.75) is 70.9 Å². The van der Waals surface area contributed by atoms with Gasteiger partial charge in [-0.1, -0.05) is 11.2 Å². The van der Waals surface area contributed by atoms with Crippen molar-refractivity contribution in [2.75, 3.05) is 29.9 Å². The number of nitrogens with zero attached hydrogens (tertiary/aromatic N) is 3. The molecule has 2 heterocycles. The van der Waals surface area contributed by atoms with Crippen molar-refractivity contribution in [3.05, 3.63) is 44.8 Å². The van der Waals surface area contributed by atoms with Crippen molar-refractivity contribution in [1.82, 2.24) is 9.63 Å². The maximum Gasteiger partial charge on any atom is 0.326 e. The molecule has 0 spiro atoms. The van der Waals surface area contributed by atoms with E-state index in [1.54, 1.807) is 6.92 Å². The number of carbonyl (C=O) groups is 1. The summed E-state index contributed by atoms with van der Waals surface area (Å²) in [5, 5.41) is 19.8. The zero-order valence-electron chi connectivity index (χ0n) is 20.5. The third-order valence-corrected chi connectivity index (χ3v) is 8.87. The largest absolute Gasteiger partial charge is 0.740 e. The Hall–Kier alpha value is -2.67. The van der Waals surface area contributed by atoms with Gasteiger partial charge in [0.2, 0.25) is 5.88 Å². The fourth-order valence-corrected chi connectivity index (χ4v) is 6.90. The SMILES string of the molecule is COCc1noc(N(C2CCOCC2)S(=O)(=O)N([O-])C(=O)Nc2c3c(cc4c2CCC4)CCC3)c1C. The first-order chi connectivity index (χ1) is 17.3. The van der Waals surface area contributed by atoms with Crippen LogP contribution in [0.25, 0.3) is 0 Å². The standard InChI is InChI=1S/C24H31N4O7S/c1-15-21(14-33-2)26-35-23(15)27(18-9-11-34-12-10-18)36(31,32)28(30)24(29)25-22-19-7-3-5-16(19)13-17-6-4-8-20(17)22/h13,18H,3-12,14H2,1-2H3,(H,25,29)/q-1. The first-order valence-corrected chi connectivity index (χ1v) is 13.7. The van der Waals surface area contributed by atoms with E-state index in [0.29, 0.717) is 43.0 Å². The molecule has 0 unspecified atom stereocenters. The number of rotatable bonds is 7. The molecule has 1 fully saturated rings. The summed E-state index contributed by atoms with van der Waals surface area (Å²) in [6, 6.07) is 0.333. The van der Waals surface area contributed by atoms with Gasteiger partial charge < -0.3 is 24.5 Å². The number of hydroxylamine groups is 1. The van der Waals surface area contributed by atoms with Crippen LogP contribution in [0.1, 0.15) is 59.2 Å². The Kier molecular flexibility index (Phi) is 6.95. The third kappa shape index (κ3) is 4.36. The number of benzene rings is 1. The minimum Gasteiger partial charge on any atom is -0.740 e. The first kappa shape index (κ1) is 25.0. The molecule has 0 bridgehead atoms. The van der Waals surface area contributed by atoms with E-state index >= 15 is 0 Å². The van der Waals surface area contributed by atoms with Crippen LogP contribution in [0.5, 0.6) is 0 Å². The molecule has 1 saturated heterocycles. The Morgan fingerprint density at radius 3 is 2.42 bits per heavy atom. The summed E-state index contributed by atoms with van der Waals surface area (Å²) in [6.07, 6.45) is 6.02. The predicted molar refractivity (Wildman–Crippen MR) is 132 cm³/mol. The normalized spacial score (nSPS) is 17.6. The summed E-state index contributed by atoms with van der Waals surface area (Å²) in [5.74, 6) is -0.0934. The van der Waals surface area contributed by atoms with Gasteiger partial charge in [-0.2, -0.15) is 8.42 Å². The van der Waals surface area contributed by atoms with Crippen LogP contribution in [-0.4, -0.2) is 50.4 Å². The second kappa shape index (κ2) is 10.0. The van der Waals surface area contributed by atoms with Crippen molar-refractivity contribution in [3.8, 4) is 0 Å². The summed E-state index contributed by atoms with van der Waals surface area (Å²) >= 11 is 0. The van der Waals surface area contributed by atoms with Crippen LogP contribution in [-0.2, 0) is 52.0 Å². The van der Waals surface area contributed by atoms with Crippen LogP contribution in [0.4, 0.5) is 16.4 Å². The average Bonchev–Trinajstić information content (AvgIpc) is 3.61. The van der Waals surface area contributed by atoms with E-state index in [2.05, 4.69) is 16.5 Å². The van der Waals surface area contributed by atoms with Crippen molar-refractivity contribution < 1.29 is 27.2 Å². The smallest absolute Gasteiger partial charge is 0.326 e. The number of aromatic nitrogens is 1. The monoisotopic (exact) mass is 519 g/mol. The van der Waals surface area contributed by atoms with Gasteiger partial charge in [0.1, 0.15) is 5.69 Å². The lowest BCUT2D eigenvalue weighted by Gasteiger charge is -2.38. The Morgan fingerprint density at radius 2 is 1.81 bits per heavy atom. The molecule has 0 saturated carbocycles. The molecular weight excluding hydrogens is 488 g/mol. The van der Waals surface area contributed by atoms with E-state index < -0.39 is 26.8 Å². The number of hydrogen-bond acceptors (Lipinski definition) is 8. The number of amides is 2. The molecule has 3 aliphatic rings. The molecule has 36 heavy (non-hydrogen) atoms. The van der Waals surface area contributed by atoms with E-state index in [4.69, 9.17) is 14.0 Å². The van der Waals surface area contributed by atoms with Crippen molar-refractivity contribution >= 4 is 27.8 Å². The number of methoxy groups -OCH3 is 1. The Balaban J connectivity index is 1.47. The van der Waals surface area contributed by atoms with Crippen LogP contribution in [0, 0.1) is 12.1 Å². The van der Waals surface area contributed by atoms with E-state index in [9.17, 15) is 18.4 Å². The van der Waals surface area contributed by atoms with Crippen LogP contribution >= 0.6 is 0 Å². The molecule has 196 valence electrons. The molecule has 1 aromatic heterocycles. The number of fused-ring (bicyclic) bond motifs is 2. The number of aryl methyl sites for hydroxylation is 2. The zero-order chi connectivity index (χ0) is 25.4. The third-order valence-electron chi connectivity index (χ3n) is 7.33. The van der Waals surface area contributed by atoms with Crippen molar-refractivity contribution in [1.29, 1.82) is 0 Å². The molecule has 0 radical (unpaired) electrons. The van der Waals surface area contributed by atoms with Crippen molar-refractivity contribution in [2.24, 2.45) is 0 Å². The van der Waals surface area contributed by atoms with Gasteiger partial charge in [-0.15, -0.1) is 0 Å². The van der Waals surface area contributed by atoms with Crippen LogP contribution < -0.4 is 9.62 Å². The van der Waals surface area contributed by atoms with Crippen LogP contribution in [0.3, 0.4) is 0 Å². The fraction of sp³-hybridized carbons (Fsp3) is 0.583. The lowest BCUT2D eigenvalue weighted by atomic mass is 9.99. The molecular formula is C24H31N4O7S-. The quantitative estimate of drug-likeness (QED) is 0.550. The maximum atomic E-state index is 13.7. The molecule has 5 rings (SSSR count). The lowest BCUT2D eigenvalue weighted by Crippen LogP contribution is -2.51. The van der Waals surface area contributed by atoms with E-state index in [-0.39, 0.29) is 12.5 Å². The highest BCUT2D eigenvalue weighted by atomic mass is 32.2. The summed E-state index contributed by atoms with van der Waals surface area (Å²) < 4.78 is 43.7. The lowest BCUT2D eigenvalue weighted by molar-refractivity contribution is 0.0866. The molecule has 1 N–H and O–H groups in total. The Morgan fingerprint density at radius 1 is 1.17 bits per heavy atom. The summed E-state index contributed by atoms with van der Waals surface area (Å²) in [6.45, 7) is 2.40. The molecule has 0 atom stereocenters. The fourth-order valence-electron chi connectivity index (χ4n) is 5.52. The Labute approximate surface area is 210 Å². The van der Waals surface area contributed by atoms with E-state index in [1.807, 2.05) is 0 Å². The minimum atomic E-state index is -4.86. The van der Waals surface area contributed by atoms with Gasteiger partial charge in [-0.25, -0.2) is 9.10 Å². The number of hydrogen-bond donors (Lipinski definition) is 1. The van der Waals surface area contributed by atoms with Gasteiger partial charge in [0.25, 0.3) is 0 Å². The highest BCUT2D eigenvalue weighted by Gasteiger charge is 2.39. The number of anilines is 2. The molecule has 2 aromatic rings. The minimum absolute atomic E-state index is 0.0934. The zero-order valence-corrected chi connectivity index (χ0v) is 21.4. The first-order valence-electron chi connectivity index (χ1n) is 12.3. The highest BCUT2D eigenvalue weighted by molar-refractivity contribution is 7.91. The summed E-state index contributed by atoms with van der Waals surface area (Å²) in [7, 11) is -3.37. The molecule has 2 amide bonds. The molecule has 2 aliphatic carbocycles. The summed E-state index contributed by atoms with van der Waals surface area (Å²) in [4.78, 5) is 13.2. The maximum absolute atomic E-state index is 13.7. The molecule has 1 aromatic carbocycles. The highest BCUT2D eigenvalue weighted by Crippen LogP contribution is 2.39. The van der Waals surface area contributed by atoms with Gasteiger partial charge in [0.15, 0.2) is 0 Å². The Bertz CT molecular complexity index is 1220. The number of urea groups is 1. The predicted octanol–water partition coefficient (Wildman–Crippen LogP) is 3.37. The molecule has 1 aliphatic heterocycles. The number of ether oxygens (including phenoxy) is 2. The molecule has 12 heteroatoms. The van der Waals surface area contributed by atoms with Gasteiger partial charge in [0.05, 0.1) is 12.6 Å². The van der Waals surface area contributed by atoms with Gasteiger partial charge in [-0.3, -0.25) is 4.47 Å². The topological polar surface area (TPSA) is 137 Å². The average molecular weight is 520 g/mol. The number of nitrogens with one attached hydrogen (secondary N) is 1. The number of carbonyl (C=O) groups excluding carboxylic acids is 1. The van der Waals surface area contributed by atoms with E-state index in [1.165, 1.54) is 7.11 Å². The van der Waals surface area contributed by atoms with Gasteiger partial charge >= 0.3 is 16.2 Å². The summed E-state index contributed by atoms with van der Waals surface area (Å²) in [5.41, 5.74) is 5.79. The van der Waals surface area contributed by atoms with E-state index in [0.717, 1.165) is 65.1 Å². The van der Waals surface area contributed by atoms with Crippen LogP contribution in [0.15, 0.2) is 10.6 Å². The molecule has 11 nitrogen and oxygen atoms in total.